The molecule has 0 bridgehead atoms. The number of imide groups is 1. The fraction of sp³-hybridized carbons (Fsp3) is 0.222. The number of amides is 2. The fourth-order valence-corrected chi connectivity index (χ4v) is 3.01. The third kappa shape index (κ3) is 3.61. The molecule has 0 aromatic heterocycles. The van der Waals surface area contributed by atoms with Gasteiger partial charge >= 0.3 is 5.97 Å². The van der Waals surface area contributed by atoms with Crippen molar-refractivity contribution < 1.29 is 23.9 Å². The minimum atomic E-state index is -0.793. The summed E-state index contributed by atoms with van der Waals surface area (Å²) in [5.41, 5.74) is 0.408. The fourth-order valence-electron chi connectivity index (χ4n) is 2.74. The number of benzene rings is 1. The van der Waals surface area contributed by atoms with Crippen molar-refractivity contribution in [3.63, 3.8) is 0 Å². The summed E-state index contributed by atoms with van der Waals surface area (Å²) in [5, 5.41) is 0. The summed E-state index contributed by atoms with van der Waals surface area (Å²) in [4.78, 5) is 49.2. The Balaban J connectivity index is 1.56. The number of fused-ring (bicyclic) bond motifs is 1. The van der Waals surface area contributed by atoms with Crippen LogP contribution in [0.5, 0.6) is 0 Å². The van der Waals surface area contributed by atoms with Gasteiger partial charge in [0.1, 0.15) is 6.54 Å². The average Bonchev–Trinajstić information content (AvgIpc) is 2.86. The van der Waals surface area contributed by atoms with Gasteiger partial charge in [-0.05, 0) is 12.1 Å². The molecule has 0 unspecified atom stereocenters. The quantitative estimate of drug-likeness (QED) is 0.426. The van der Waals surface area contributed by atoms with Gasteiger partial charge in [-0.25, -0.2) is 0 Å². The highest BCUT2D eigenvalue weighted by atomic mass is 79.9. The van der Waals surface area contributed by atoms with Crippen molar-refractivity contribution in [3.8, 4) is 0 Å². The van der Waals surface area contributed by atoms with Crippen molar-refractivity contribution in [2.45, 2.75) is 0 Å². The minimum Gasteiger partial charge on any atom is -0.456 e. The highest BCUT2D eigenvalue weighted by Gasteiger charge is 2.46. The van der Waals surface area contributed by atoms with E-state index in [0.29, 0.717) is 5.56 Å². The molecule has 3 rings (SSSR count). The SMILES string of the molecule is O=C(CN1C(=O)[C@H]2C=CC=C[C@@H]2C1=O)OCC(=O)c1ccc(Br)cc1. The summed E-state index contributed by atoms with van der Waals surface area (Å²) in [5.74, 6) is -3.12. The number of ketones is 1. The predicted molar refractivity (Wildman–Crippen MR) is 91.4 cm³/mol. The molecule has 1 saturated heterocycles. The molecule has 1 aromatic rings. The van der Waals surface area contributed by atoms with Gasteiger partial charge in [-0.2, -0.15) is 0 Å². The van der Waals surface area contributed by atoms with E-state index in [4.69, 9.17) is 4.74 Å². The molecule has 0 saturated carbocycles. The van der Waals surface area contributed by atoms with Gasteiger partial charge in [-0.3, -0.25) is 24.1 Å². The Kier molecular flexibility index (Phi) is 4.94. The third-order valence-corrected chi connectivity index (χ3v) is 4.58. The maximum absolute atomic E-state index is 12.2. The first-order valence-electron chi connectivity index (χ1n) is 7.62. The standard InChI is InChI=1S/C18H14BrNO5/c19-12-7-5-11(6-8-12)15(21)10-25-16(22)9-20-17(23)13-3-1-2-4-14(13)18(20)24/h1-8,13-14H,9-10H2/t13-,14-/m0/s1. The van der Waals surface area contributed by atoms with Gasteiger partial charge in [0, 0.05) is 10.0 Å². The van der Waals surface area contributed by atoms with Crippen LogP contribution in [0.4, 0.5) is 0 Å². The second-order valence-corrected chi connectivity index (χ2v) is 6.59. The molecule has 0 N–H and O–H groups in total. The number of halogens is 1. The maximum atomic E-state index is 12.2. The summed E-state index contributed by atoms with van der Waals surface area (Å²) >= 11 is 3.27. The lowest BCUT2D eigenvalue weighted by Gasteiger charge is -2.13. The van der Waals surface area contributed by atoms with Crippen LogP contribution in [0.25, 0.3) is 0 Å². The van der Waals surface area contributed by atoms with E-state index < -0.39 is 42.8 Å². The number of ether oxygens (including phenoxy) is 1. The number of carbonyl (C=O) groups is 4. The van der Waals surface area contributed by atoms with Crippen molar-refractivity contribution in [3.05, 3.63) is 58.6 Å². The molecule has 1 fully saturated rings. The first-order valence-corrected chi connectivity index (χ1v) is 8.41. The lowest BCUT2D eigenvalue weighted by Crippen LogP contribution is -2.37. The zero-order valence-electron chi connectivity index (χ0n) is 13.1. The van der Waals surface area contributed by atoms with E-state index in [9.17, 15) is 19.2 Å². The van der Waals surface area contributed by atoms with Gasteiger partial charge in [0.25, 0.3) is 0 Å². The second-order valence-electron chi connectivity index (χ2n) is 5.67. The molecule has 2 atom stereocenters. The molecule has 0 spiro atoms. The van der Waals surface area contributed by atoms with E-state index in [1.54, 1.807) is 48.6 Å². The predicted octanol–water partition coefficient (Wildman–Crippen LogP) is 1.90. The molecule has 7 heteroatoms. The van der Waals surface area contributed by atoms with Crippen LogP contribution >= 0.6 is 15.9 Å². The van der Waals surface area contributed by atoms with Gasteiger partial charge in [-0.1, -0.05) is 52.4 Å². The molecule has 2 aliphatic rings. The lowest BCUT2D eigenvalue weighted by atomic mass is 9.91. The van der Waals surface area contributed by atoms with Gasteiger partial charge in [-0.15, -0.1) is 0 Å². The minimum absolute atomic E-state index is 0.362. The van der Waals surface area contributed by atoms with Gasteiger partial charge in [0.2, 0.25) is 11.8 Å². The molecule has 1 heterocycles. The Bertz CT molecular complexity index is 766. The summed E-state index contributed by atoms with van der Waals surface area (Å²) in [6, 6.07) is 6.63. The monoisotopic (exact) mass is 403 g/mol. The largest absolute Gasteiger partial charge is 0.456 e. The number of hydrogen-bond donors (Lipinski definition) is 0. The maximum Gasteiger partial charge on any atom is 0.326 e. The van der Waals surface area contributed by atoms with E-state index in [2.05, 4.69) is 15.9 Å². The van der Waals surface area contributed by atoms with Crippen molar-refractivity contribution in [2.24, 2.45) is 11.8 Å². The highest BCUT2D eigenvalue weighted by molar-refractivity contribution is 9.10. The smallest absolute Gasteiger partial charge is 0.326 e. The van der Waals surface area contributed by atoms with Crippen LogP contribution in [0.1, 0.15) is 10.4 Å². The zero-order valence-corrected chi connectivity index (χ0v) is 14.6. The Morgan fingerprint density at radius 3 is 2.12 bits per heavy atom. The van der Waals surface area contributed by atoms with Crippen LogP contribution < -0.4 is 0 Å². The van der Waals surface area contributed by atoms with Crippen molar-refractivity contribution in [1.29, 1.82) is 0 Å². The van der Waals surface area contributed by atoms with Crippen molar-refractivity contribution in [1.82, 2.24) is 4.90 Å². The van der Waals surface area contributed by atoms with Crippen LogP contribution in [-0.4, -0.2) is 41.6 Å². The summed E-state index contributed by atoms with van der Waals surface area (Å²) < 4.78 is 5.75. The van der Waals surface area contributed by atoms with Crippen LogP contribution in [0.3, 0.4) is 0 Å². The molecule has 25 heavy (non-hydrogen) atoms. The number of carbonyl (C=O) groups excluding carboxylic acids is 4. The number of Topliss-reactive ketones (excluding diaryl/α,β-unsaturated/α-hetero) is 1. The number of allylic oxidation sites excluding steroid dienone is 2. The van der Waals surface area contributed by atoms with Gasteiger partial charge in [0.15, 0.2) is 12.4 Å². The van der Waals surface area contributed by atoms with E-state index in [-0.39, 0.29) is 5.78 Å². The number of hydrogen-bond acceptors (Lipinski definition) is 5. The molecule has 6 nitrogen and oxygen atoms in total. The van der Waals surface area contributed by atoms with Gasteiger partial charge < -0.3 is 4.74 Å². The van der Waals surface area contributed by atoms with E-state index in [1.165, 1.54) is 0 Å². The summed E-state index contributed by atoms with van der Waals surface area (Å²) in [6.07, 6.45) is 6.69. The first-order chi connectivity index (χ1) is 12.0. The molecule has 1 aliphatic carbocycles. The summed E-state index contributed by atoms with van der Waals surface area (Å²) in [6.45, 7) is -0.927. The number of likely N-dealkylation sites (tertiary alicyclic amines) is 1. The lowest BCUT2D eigenvalue weighted by molar-refractivity contribution is -0.152. The molecule has 0 radical (unpaired) electrons. The van der Waals surface area contributed by atoms with E-state index >= 15 is 0 Å². The Morgan fingerprint density at radius 1 is 1.00 bits per heavy atom. The van der Waals surface area contributed by atoms with Crippen LogP contribution in [0.15, 0.2) is 53.0 Å². The topological polar surface area (TPSA) is 80.8 Å². The Morgan fingerprint density at radius 2 is 1.56 bits per heavy atom. The molecule has 2 amide bonds. The van der Waals surface area contributed by atoms with Crippen molar-refractivity contribution in [2.75, 3.05) is 13.2 Å². The Labute approximate surface area is 152 Å². The molecular formula is C18H14BrNO5. The number of rotatable bonds is 5. The normalized spacial score (nSPS) is 21.4. The van der Waals surface area contributed by atoms with Crippen molar-refractivity contribution >= 4 is 39.5 Å². The second kappa shape index (κ2) is 7.14. The van der Waals surface area contributed by atoms with Crippen LogP contribution in [0, 0.1) is 11.8 Å². The molecule has 1 aliphatic heterocycles. The first kappa shape index (κ1) is 17.3. The van der Waals surface area contributed by atoms with E-state index in [1.807, 2.05) is 0 Å². The Hall–Kier alpha value is -2.54. The van der Waals surface area contributed by atoms with Gasteiger partial charge in [0.05, 0.1) is 11.8 Å². The molecule has 1 aromatic carbocycles. The molecule has 128 valence electrons. The average molecular weight is 404 g/mol. The van der Waals surface area contributed by atoms with Crippen LogP contribution in [0.2, 0.25) is 0 Å². The number of nitrogens with zero attached hydrogens (tertiary/aromatic N) is 1. The zero-order chi connectivity index (χ0) is 18.0. The molecular weight excluding hydrogens is 390 g/mol. The number of esters is 1. The van der Waals surface area contributed by atoms with E-state index in [0.717, 1.165) is 9.37 Å². The third-order valence-electron chi connectivity index (χ3n) is 4.05. The highest BCUT2D eigenvalue weighted by Crippen LogP contribution is 2.30. The van der Waals surface area contributed by atoms with Crippen LogP contribution in [-0.2, 0) is 19.1 Å². The summed E-state index contributed by atoms with van der Waals surface area (Å²) in [7, 11) is 0.